The Morgan fingerprint density at radius 1 is 1.50 bits per heavy atom. The van der Waals surface area contributed by atoms with Crippen molar-refractivity contribution in [2.24, 2.45) is 0 Å². The first-order valence-corrected chi connectivity index (χ1v) is 3.56. The van der Waals surface area contributed by atoms with Crippen LogP contribution in [0.1, 0.15) is 26.7 Å². The third-order valence-electron chi connectivity index (χ3n) is 1.96. The van der Waals surface area contributed by atoms with Crippen LogP contribution in [0, 0.1) is 6.58 Å². The van der Waals surface area contributed by atoms with Gasteiger partial charge in [-0.1, -0.05) is 26.5 Å². The highest BCUT2D eigenvalue weighted by Crippen LogP contribution is 2.19. The fourth-order valence-electron chi connectivity index (χ4n) is 0.847. The van der Waals surface area contributed by atoms with Crippen molar-refractivity contribution in [3.8, 4) is 0 Å². The minimum Gasteiger partial charge on any atom is -0.387 e. The zero-order valence-electron chi connectivity index (χ0n) is 6.54. The molecule has 10 heavy (non-hydrogen) atoms. The second-order valence-corrected chi connectivity index (χ2v) is 2.45. The first-order valence-electron chi connectivity index (χ1n) is 3.56. The number of aliphatic hydroxyl groups is 2. The highest BCUT2D eigenvalue weighted by molar-refractivity contribution is 4.93. The maximum absolute atomic E-state index is 9.54. The van der Waals surface area contributed by atoms with Crippen LogP contribution in [0.5, 0.6) is 0 Å². The lowest BCUT2D eigenvalue weighted by atomic mass is 9.91. The summed E-state index contributed by atoms with van der Waals surface area (Å²) in [4.78, 5) is 0. The van der Waals surface area contributed by atoms with Crippen molar-refractivity contribution < 1.29 is 10.2 Å². The van der Waals surface area contributed by atoms with E-state index in [0.29, 0.717) is 12.8 Å². The Hall–Kier alpha value is -0.340. The maximum Gasteiger partial charge on any atom is 0.101 e. The molecule has 0 saturated carbocycles. The third kappa shape index (κ3) is 1.82. The molecule has 0 bridgehead atoms. The standard InChI is InChI=1S/C8H15O2/c1-4-7(9)8(10,5-2)6-3/h1,4,7,9-10H,5-6H2,2-3H3. The van der Waals surface area contributed by atoms with Crippen LogP contribution in [0.3, 0.4) is 0 Å². The van der Waals surface area contributed by atoms with Gasteiger partial charge in [-0.05, 0) is 12.8 Å². The fraction of sp³-hybridized carbons (Fsp3) is 0.750. The zero-order chi connectivity index (χ0) is 8.20. The van der Waals surface area contributed by atoms with E-state index in [-0.39, 0.29) is 0 Å². The third-order valence-corrected chi connectivity index (χ3v) is 1.96. The molecule has 2 nitrogen and oxygen atoms in total. The van der Waals surface area contributed by atoms with Gasteiger partial charge in [-0.2, -0.15) is 0 Å². The van der Waals surface area contributed by atoms with E-state index in [1.807, 2.05) is 13.8 Å². The van der Waals surface area contributed by atoms with Crippen LogP contribution in [0.15, 0.2) is 6.08 Å². The molecular formula is C8H15O2. The summed E-state index contributed by atoms with van der Waals surface area (Å²) >= 11 is 0. The molecule has 59 valence electrons. The van der Waals surface area contributed by atoms with Crippen molar-refractivity contribution in [1.82, 2.24) is 0 Å². The molecule has 0 heterocycles. The molecule has 1 unspecified atom stereocenters. The van der Waals surface area contributed by atoms with Gasteiger partial charge in [0.2, 0.25) is 0 Å². The Balaban J connectivity index is 4.15. The summed E-state index contributed by atoms with van der Waals surface area (Å²) in [6.07, 6.45) is 1.23. The molecule has 0 amide bonds. The molecule has 0 aliphatic carbocycles. The van der Waals surface area contributed by atoms with Gasteiger partial charge in [0.15, 0.2) is 0 Å². The molecule has 0 aromatic carbocycles. The minimum absolute atomic E-state index is 0.512. The van der Waals surface area contributed by atoms with Crippen molar-refractivity contribution in [2.75, 3.05) is 0 Å². The molecular weight excluding hydrogens is 128 g/mol. The van der Waals surface area contributed by atoms with Gasteiger partial charge in [0, 0.05) is 0 Å². The summed E-state index contributed by atoms with van der Waals surface area (Å²) in [6.45, 7) is 8.71. The number of hydrogen-bond acceptors (Lipinski definition) is 2. The van der Waals surface area contributed by atoms with Crippen molar-refractivity contribution >= 4 is 0 Å². The number of aliphatic hydroxyl groups excluding tert-OH is 1. The first kappa shape index (κ1) is 9.66. The predicted molar refractivity (Wildman–Crippen MR) is 40.4 cm³/mol. The Labute approximate surface area is 62.2 Å². The zero-order valence-corrected chi connectivity index (χ0v) is 6.54. The molecule has 0 fully saturated rings. The molecule has 0 aliphatic heterocycles. The van der Waals surface area contributed by atoms with Crippen LogP contribution in [-0.4, -0.2) is 21.9 Å². The van der Waals surface area contributed by atoms with E-state index in [9.17, 15) is 5.11 Å². The van der Waals surface area contributed by atoms with Crippen molar-refractivity contribution in [3.05, 3.63) is 12.7 Å². The van der Waals surface area contributed by atoms with Gasteiger partial charge in [-0.25, -0.2) is 0 Å². The second kappa shape index (κ2) is 3.74. The van der Waals surface area contributed by atoms with Crippen LogP contribution in [0.25, 0.3) is 0 Å². The normalized spacial score (nSPS) is 14.8. The van der Waals surface area contributed by atoms with E-state index in [0.717, 1.165) is 6.08 Å². The largest absolute Gasteiger partial charge is 0.387 e. The average Bonchev–Trinajstić information content (AvgIpc) is 2.01. The lowest BCUT2D eigenvalue weighted by Crippen LogP contribution is -2.39. The van der Waals surface area contributed by atoms with Gasteiger partial charge in [-0.15, -0.1) is 0 Å². The van der Waals surface area contributed by atoms with Crippen molar-refractivity contribution in [1.29, 1.82) is 0 Å². The van der Waals surface area contributed by atoms with Gasteiger partial charge < -0.3 is 10.2 Å². The predicted octanol–water partition coefficient (Wildman–Crippen LogP) is 0.888. The lowest BCUT2D eigenvalue weighted by molar-refractivity contribution is -0.0572. The molecule has 0 aliphatic rings. The SMILES string of the molecule is [CH]=CC(O)C(O)(CC)CC. The van der Waals surface area contributed by atoms with Gasteiger partial charge in [0.05, 0.1) is 5.60 Å². The van der Waals surface area contributed by atoms with Crippen LogP contribution in [0.2, 0.25) is 0 Å². The van der Waals surface area contributed by atoms with Crippen LogP contribution in [-0.2, 0) is 0 Å². The van der Waals surface area contributed by atoms with Crippen LogP contribution >= 0.6 is 0 Å². The Kier molecular flexibility index (Phi) is 3.61. The highest BCUT2D eigenvalue weighted by Gasteiger charge is 2.29. The van der Waals surface area contributed by atoms with Gasteiger partial charge in [0.25, 0.3) is 0 Å². The smallest absolute Gasteiger partial charge is 0.101 e. The van der Waals surface area contributed by atoms with E-state index in [4.69, 9.17) is 11.7 Å². The molecule has 2 N–H and O–H groups in total. The maximum atomic E-state index is 9.54. The molecule has 0 rings (SSSR count). The quantitative estimate of drug-likeness (QED) is 0.613. The summed E-state index contributed by atoms with van der Waals surface area (Å²) in [5.41, 5.74) is -1.03. The van der Waals surface area contributed by atoms with Crippen LogP contribution < -0.4 is 0 Å². The number of rotatable bonds is 4. The Morgan fingerprint density at radius 3 is 2.00 bits per heavy atom. The van der Waals surface area contributed by atoms with E-state index in [1.54, 1.807) is 0 Å². The summed E-state index contributed by atoms with van der Waals surface area (Å²) in [6, 6.07) is 0. The van der Waals surface area contributed by atoms with Crippen LogP contribution in [0.4, 0.5) is 0 Å². The molecule has 1 radical (unpaired) electrons. The monoisotopic (exact) mass is 143 g/mol. The number of hydrogen-bond donors (Lipinski definition) is 2. The van der Waals surface area contributed by atoms with Crippen molar-refractivity contribution in [2.45, 2.75) is 38.4 Å². The van der Waals surface area contributed by atoms with Gasteiger partial charge in [-0.3, -0.25) is 0 Å². The molecule has 0 spiro atoms. The average molecular weight is 143 g/mol. The topological polar surface area (TPSA) is 40.5 Å². The Morgan fingerprint density at radius 2 is 1.90 bits per heavy atom. The molecule has 0 saturated heterocycles. The van der Waals surface area contributed by atoms with E-state index in [1.165, 1.54) is 0 Å². The Bertz CT molecular complexity index is 106. The first-order chi connectivity index (χ1) is 4.60. The summed E-state index contributed by atoms with van der Waals surface area (Å²) in [5.74, 6) is 0. The molecule has 0 aromatic heterocycles. The summed E-state index contributed by atoms with van der Waals surface area (Å²) < 4.78 is 0. The summed E-state index contributed by atoms with van der Waals surface area (Å²) in [7, 11) is 0. The van der Waals surface area contributed by atoms with Gasteiger partial charge >= 0.3 is 0 Å². The fourth-order valence-corrected chi connectivity index (χ4v) is 0.847. The van der Waals surface area contributed by atoms with E-state index < -0.39 is 11.7 Å². The van der Waals surface area contributed by atoms with Crippen molar-refractivity contribution in [3.63, 3.8) is 0 Å². The molecule has 2 heteroatoms. The van der Waals surface area contributed by atoms with E-state index >= 15 is 0 Å². The second-order valence-electron chi connectivity index (χ2n) is 2.45. The van der Waals surface area contributed by atoms with E-state index in [2.05, 4.69) is 0 Å². The molecule has 0 aromatic rings. The van der Waals surface area contributed by atoms with Gasteiger partial charge in [0.1, 0.15) is 6.10 Å². The lowest BCUT2D eigenvalue weighted by Gasteiger charge is -2.28. The highest BCUT2D eigenvalue weighted by atomic mass is 16.3. The molecule has 1 atom stereocenters. The summed E-state index contributed by atoms with van der Waals surface area (Å²) in [5, 5.41) is 18.7. The minimum atomic E-state index is -1.03.